The van der Waals surface area contributed by atoms with Gasteiger partial charge in [0.05, 0.1) is 19.8 Å². The second-order valence-electron chi connectivity index (χ2n) is 6.52. The molecule has 3 aromatic carbocycles. The SMILES string of the molecule is COc1cc(/C=C(\C#N)C(=O)c2ccccc2OC)ccc1OCc1ccc(F)cc1. The molecule has 0 heterocycles. The fourth-order valence-electron chi connectivity index (χ4n) is 2.93. The number of Topliss-reactive ketones (excluding diaryl/α,β-unsaturated/α-hetero) is 1. The molecule has 0 aliphatic rings. The molecule has 5 nitrogen and oxygen atoms in total. The molecule has 156 valence electrons. The van der Waals surface area contributed by atoms with Crippen molar-refractivity contribution in [2.24, 2.45) is 0 Å². The zero-order chi connectivity index (χ0) is 22.2. The molecule has 0 unspecified atom stereocenters. The van der Waals surface area contributed by atoms with Gasteiger partial charge in [0.25, 0.3) is 0 Å². The van der Waals surface area contributed by atoms with Crippen LogP contribution in [0, 0.1) is 17.1 Å². The number of carbonyl (C=O) groups excluding carboxylic acids is 1. The average Bonchev–Trinajstić information content (AvgIpc) is 2.82. The van der Waals surface area contributed by atoms with Gasteiger partial charge in [0.2, 0.25) is 5.78 Å². The molecule has 0 fully saturated rings. The second-order valence-corrected chi connectivity index (χ2v) is 6.52. The van der Waals surface area contributed by atoms with Crippen molar-refractivity contribution in [2.75, 3.05) is 14.2 Å². The molecule has 0 saturated carbocycles. The van der Waals surface area contributed by atoms with Crippen molar-refractivity contribution < 1.29 is 23.4 Å². The van der Waals surface area contributed by atoms with E-state index in [9.17, 15) is 14.4 Å². The number of ketones is 1. The second kappa shape index (κ2) is 10.1. The van der Waals surface area contributed by atoms with E-state index in [4.69, 9.17) is 14.2 Å². The quantitative estimate of drug-likeness (QED) is 0.286. The van der Waals surface area contributed by atoms with Gasteiger partial charge in [-0.25, -0.2) is 4.39 Å². The predicted octanol–water partition coefficient (Wildman–Crippen LogP) is 5.21. The minimum Gasteiger partial charge on any atom is -0.496 e. The van der Waals surface area contributed by atoms with Crippen LogP contribution >= 0.6 is 0 Å². The zero-order valence-electron chi connectivity index (χ0n) is 17.1. The Hall–Kier alpha value is -4.11. The summed E-state index contributed by atoms with van der Waals surface area (Å²) in [7, 11) is 2.97. The fraction of sp³-hybridized carbons (Fsp3) is 0.120. The van der Waals surface area contributed by atoms with Gasteiger partial charge >= 0.3 is 0 Å². The third kappa shape index (κ3) is 5.28. The Morgan fingerprint density at radius 1 is 0.968 bits per heavy atom. The Bertz CT molecular complexity index is 1150. The van der Waals surface area contributed by atoms with Crippen LogP contribution in [0.25, 0.3) is 6.08 Å². The topological polar surface area (TPSA) is 68.5 Å². The number of para-hydroxylation sites is 1. The summed E-state index contributed by atoms with van der Waals surface area (Å²) in [6.45, 7) is 0.238. The van der Waals surface area contributed by atoms with Crippen molar-refractivity contribution >= 4 is 11.9 Å². The molecule has 31 heavy (non-hydrogen) atoms. The third-order valence-corrected chi connectivity index (χ3v) is 4.52. The van der Waals surface area contributed by atoms with E-state index in [1.54, 1.807) is 54.6 Å². The number of methoxy groups -OCH3 is 2. The standard InChI is InChI=1S/C25H20FNO4/c1-29-22-6-4-3-5-21(22)25(28)19(15-27)13-18-9-12-23(24(14-18)30-2)31-16-17-7-10-20(26)11-8-17/h3-14H,16H2,1-2H3/b19-13+. The molecule has 0 aliphatic heterocycles. The molecular formula is C25H20FNO4. The molecule has 6 heteroatoms. The van der Waals surface area contributed by atoms with Gasteiger partial charge in [-0.2, -0.15) is 5.26 Å². The van der Waals surface area contributed by atoms with Crippen molar-refractivity contribution in [3.05, 3.63) is 94.8 Å². The molecule has 0 bridgehead atoms. The van der Waals surface area contributed by atoms with Crippen LogP contribution in [0.3, 0.4) is 0 Å². The summed E-state index contributed by atoms with van der Waals surface area (Å²) >= 11 is 0. The van der Waals surface area contributed by atoms with E-state index in [0.29, 0.717) is 28.4 Å². The monoisotopic (exact) mass is 417 g/mol. The smallest absolute Gasteiger partial charge is 0.207 e. The maximum Gasteiger partial charge on any atom is 0.207 e. The summed E-state index contributed by atoms with van der Waals surface area (Å²) in [4.78, 5) is 12.8. The number of carbonyl (C=O) groups is 1. The average molecular weight is 417 g/mol. The first-order valence-electron chi connectivity index (χ1n) is 9.40. The van der Waals surface area contributed by atoms with Crippen LogP contribution in [-0.4, -0.2) is 20.0 Å². The summed E-state index contributed by atoms with van der Waals surface area (Å²) in [5, 5.41) is 9.53. The number of nitriles is 1. The summed E-state index contributed by atoms with van der Waals surface area (Å²) in [6, 6.07) is 19.8. The highest BCUT2D eigenvalue weighted by Gasteiger charge is 2.17. The molecule has 0 radical (unpaired) electrons. The molecule has 0 atom stereocenters. The van der Waals surface area contributed by atoms with Gasteiger partial charge in [-0.3, -0.25) is 4.79 Å². The molecule has 0 N–H and O–H groups in total. The maximum absolute atomic E-state index is 13.0. The van der Waals surface area contributed by atoms with E-state index < -0.39 is 5.78 Å². The first-order valence-corrected chi connectivity index (χ1v) is 9.40. The lowest BCUT2D eigenvalue weighted by Crippen LogP contribution is -2.04. The maximum atomic E-state index is 13.0. The van der Waals surface area contributed by atoms with Crippen LogP contribution in [0.2, 0.25) is 0 Å². The lowest BCUT2D eigenvalue weighted by atomic mass is 10.0. The highest BCUT2D eigenvalue weighted by molar-refractivity contribution is 6.15. The minimum atomic E-state index is -0.435. The number of hydrogen-bond acceptors (Lipinski definition) is 5. The number of rotatable bonds is 8. The molecular weight excluding hydrogens is 397 g/mol. The first kappa shape index (κ1) is 21.6. The summed E-state index contributed by atoms with van der Waals surface area (Å²) < 4.78 is 29.4. The van der Waals surface area contributed by atoms with Gasteiger partial charge in [0, 0.05) is 0 Å². The highest BCUT2D eigenvalue weighted by atomic mass is 19.1. The van der Waals surface area contributed by atoms with Crippen LogP contribution in [-0.2, 0) is 6.61 Å². The lowest BCUT2D eigenvalue weighted by molar-refractivity contribution is 0.103. The van der Waals surface area contributed by atoms with E-state index in [1.807, 2.05) is 6.07 Å². The van der Waals surface area contributed by atoms with E-state index in [2.05, 4.69) is 0 Å². The van der Waals surface area contributed by atoms with E-state index in [1.165, 1.54) is 32.4 Å². The molecule has 0 amide bonds. The number of nitrogens with zero attached hydrogens (tertiary/aromatic N) is 1. The Kier molecular flexibility index (Phi) is 7.02. The normalized spacial score (nSPS) is 10.8. The molecule has 0 aliphatic carbocycles. The third-order valence-electron chi connectivity index (χ3n) is 4.52. The number of ether oxygens (including phenoxy) is 3. The Morgan fingerprint density at radius 3 is 2.35 bits per heavy atom. The predicted molar refractivity (Wildman–Crippen MR) is 115 cm³/mol. The van der Waals surface area contributed by atoms with Gasteiger partial charge in [0.1, 0.15) is 29.8 Å². The van der Waals surface area contributed by atoms with E-state index >= 15 is 0 Å². The van der Waals surface area contributed by atoms with Gasteiger partial charge in [-0.05, 0) is 53.6 Å². The molecule has 0 saturated heterocycles. The fourth-order valence-corrected chi connectivity index (χ4v) is 2.93. The van der Waals surface area contributed by atoms with Crippen LogP contribution in [0.1, 0.15) is 21.5 Å². The zero-order valence-corrected chi connectivity index (χ0v) is 17.1. The number of benzene rings is 3. The molecule has 3 rings (SSSR count). The van der Waals surface area contributed by atoms with Crippen molar-refractivity contribution in [1.82, 2.24) is 0 Å². The largest absolute Gasteiger partial charge is 0.496 e. The Morgan fingerprint density at radius 2 is 1.68 bits per heavy atom. The van der Waals surface area contributed by atoms with E-state index in [-0.39, 0.29) is 18.0 Å². The van der Waals surface area contributed by atoms with Crippen molar-refractivity contribution in [3.8, 4) is 23.3 Å². The van der Waals surface area contributed by atoms with E-state index in [0.717, 1.165) is 5.56 Å². The minimum absolute atomic E-state index is 0.0356. The molecule has 3 aromatic rings. The number of hydrogen-bond donors (Lipinski definition) is 0. The summed E-state index contributed by atoms with van der Waals surface area (Å²) in [6.07, 6.45) is 1.49. The van der Waals surface area contributed by atoms with Crippen LogP contribution < -0.4 is 14.2 Å². The molecule has 0 spiro atoms. The van der Waals surface area contributed by atoms with Gasteiger partial charge < -0.3 is 14.2 Å². The van der Waals surface area contributed by atoms with Crippen LogP contribution in [0.15, 0.2) is 72.3 Å². The number of allylic oxidation sites excluding steroid dienone is 1. The van der Waals surface area contributed by atoms with Crippen molar-refractivity contribution in [2.45, 2.75) is 6.61 Å². The summed E-state index contributed by atoms with van der Waals surface area (Å²) in [5.74, 6) is 0.580. The van der Waals surface area contributed by atoms with Crippen molar-refractivity contribution in [3.63, 3.8) is 0 Å². The van der Waals surface area contributed by atoms with Gasteiger partial charge in [-0.15, -0.1) is 0 Å². The molecule has 0 aromatic heterocycles. The van der Waals surface area contributed by atoms with Crippen LogP contribution in [0.5, 0.6) is 17.2 Å². The Labute approximate surface area is 179 Å². The summed E-state index contributed by atoms with van der Waals surface area (Å²) in [5.41, 5.74) is 1.68. The van der Waals surface area contributed by atoms with Crippen LogP contribution in [0.4, 0.5) is 4.39 Å². The number of halogens is 1. The Balaban J connectivity index is 1.83. The highest BCUT2D eigenvalue weighted by Crippen LogP contribution is 2.30. The van der Waals surface area contributed by atoms with Gasteiger partial charge in [-0.1, -0.05) is 30.3 Å². The lowest BCUT2D eigenvalue weighted by Gasteiger charge is -2.12. The first-order chi connectivity index (χ1) is 15.0. The van der Waals surface area contributed by atoms with Crippen molar-refractivity contribution in [1.29, 1.82) is 5.26 Å². The van der Waals surface area contributed by atoms with Gasteiger partial charge in [0.15, 0.2) is 11.5 Å².